The van der Waals surface area contributed by atoms with E-state index in [2.05, 4.69) is 10.8 Å². The summed E-state index contributed by atoms with van der Waals surface area (Å²) in [5.41, 5.74) is 1.24. The minimum Gasteiger partial charge on any atom is -0.264 e. The third-order valence-corrected chi connectivity index (χ3v) is 3.18. The summed E-state index contributed by atoms with van der Waals surface area (Å²) in [6.45, 7) is 0. The molecule has 1 heterocycles. The first-order valence-electron chi connectivity index (χ1n) is 3.38. The van der Waals surface area contributed by atoms with Gasteiger partial charge >= 0.3 is 10.2 Å². The van der Waals surface area contributed by atoms with Gasteiger partial charge < -0.3 is 0 Å². The Balaban J connectivity index is 2.64. The second-order valence-corrected chi connectivity index (χ2v) is 4.22. The number of fused-ring (bicyclic) bond motifs is 1. The van der Waals surface area contributed by atoms with Gasteiger partial charge in [-0.2, -0.15) is 8.42 Å². The van der Waals surface area contributed by atoms with E-state index in [1.807, 2.05) is 0 Å². The van der Waals surface area contributed by atoms with Crippen LogP contribution in [0.1, 0.15) is 0 Å². The molecular formula is C7H7N2O2S. The highest BCUT2D eigenvalue weighted by Crippen LogP contribution is 2.33. The van der Waals surface area contributed by atoms with E-state index >= 15 is 0 Å². The van der Waals surface area contributed by atoms with Gasteiger partial charge in [0.2, 0.25) is 0 Å². The van der Waals surface area contributed by atoms with Crippen LogP contribution in [-0.4, -0.2) is 15.5 Å². The molecule has 1 aliphatic rings. The minimum absolute atomic E-state index is 0.608. The summed E-state index contributed by atoms with van der Waals surface area (Å²) < 4.78 is 26.0. The lowest BCUT2D eigenvalue weighted by Crippen LogP contribution is -2.25. The predicted octanol–water partition coefficient (Wildman–Crippen LogP) is 0.593. The van der Waals surface area contributed by atoms with E-state index < -0.39 is 10.2 Å². The maximum atomic E-state index is 11.2. The van der Waals surface area contributed by atoms with Crippen LogP contribution in [0.25, 0.3) is 0 Å². The molecule has 4 nitrogen and oxygen atoms in total. The molecule has 1 N–H and O–H groups in total. The number of benzene rings is 1. The molecule has 0 saturated heterocycles. The average Bonchev–Trinajstić information content (AvgIpc) is 2.24. The molecule has 0 bridgehead atoms. The highest BCUT2D eigenvalue weighted by atomic mass is 32.2. The summed E-state index contributed by atoms with van der Waals surface area (Å²) >= 11 is 0. The van der Waals surface area contributed by atoms with Crippen LogP contribution in [0.2, 0.25) is 0 Å². The predicted molar refractivity (Wildman–Crippen MR) is 46.2 cm³/mol. The summed E-state index contributed by atoms with van der Waals surface area (Å²) in [5, 5.41) is 0. The van der Waals surface area contributed by atoms with Gasteiger partial charge in [0, 0.05) is 7.05 Å². The Morgan fingerprint density at radius 3 is 3.00 bits per heavy atom. The van der Waals surface area contributed by atoms with E-state index in [0.717, 1.165) is 0 Å². The van der Waals surface area contributed by atoms with Crippen LogP contribution in [-0.2, 0) is 10.2 Å². The maximum Gasteiger partial charge on any atom is 0.323 e. The lowest BCUT2D eigenvalue weighted by Gasteiger charge is -2.07. The molecule has 1 aliphatic heterocycles. The van der Waals surface area contributed by atoms with Crippen molar-refractivity contribution in [1.82, 2.24) is 0 Å². The summed E-state index contributed by atoms with van der Waals surface area (Å²) in [6, 6.07) is 7.79. The maximum absolute atomic E-state index is 11.2. The summed E-state index contributed by atoms with van der Waals surface area (Å²) in [4.78, 5) is 0. The van der Waals surface area contributed by atoms with E-state index in [-0.39, 0.29) is 0 Å². The average molecular weight is 183 g/mol. The van der Waals surface area contributed by atoms with E-state index in [4.69, 9.17) is 0 Å². The Kier molecular flexibility index (Phi) is 1.32. The lowest BCUT2D eigenvalue weighted by molar-refractivity contribution is 0.601. The molecule has 0 aliphatic carbocycles. The smallest absolute Gasteiger partial charge is 0.264 e. The molecule has 0 spiro atoms. The van der Waals surface area contributed by atoms with Crippen molar-refractivity contribution in [2.24, 2.45) is 0 Å². The highest BCUT2D eigenvalue weighted by Gasteiger charge is 2.28. The first-order valence-corrected chi connectivity index (χ1v) is 4.82. The monoisotopic (exact) mass is 183 g/mol. The number of hydrogen-bond donors (Lipinski definition) is 1. The largest absolute Gasteiger partial charge is 0.323 e. The van der Waals surface area contributed by atoms with Gasteiger partial charge in [-0.25, -0.2) is 0 Å². The van der Waals surface area contributed by atoms with Gasteiger partial charge in [0.25, 0.3) is 0 Å². The van der Waals surface area contributed by atoms with Crippen molar-refractivity contribution in [3.8, 4) is 0 Å². The van der Waals surface area contributed by atoms with Gasteiger partial charge in [0.1, 0.15) is 0 Å². The van der Waals surface area contributed by atoms with Crippen molar-refractivity contribution >= 4 is 21.6 Å². The van der Waals surface area contributed by atoms with Gasteiger partial charge in [0.05, 0.1) is 11.4 Å². The number of hydrogen-bond acceptors (Lipinski definition) is 2. The first kappa shape index (κ1) is 7.42. The highest BCUT2D eigenvalue weighted by molar-refractivity contribution is 7.94. The number of nitrogens with one attached hydrogen (secondary N) is 1. The SMILES string of the molecule is CN1c2c[c]ccc2NS1(=O)=O. The van der Waals surface area contributed by atoms with Crippen molar-refractivity contribution in [2.45, 2.75) is 0 Å². The Hall–Kier alpha value is -1.23. The fraction of sp³-hybridized carbons (Fsp3) is 0.143. The quantitative estimate of drug-likeness (QED) is 0.640. The number of anilines is 2. The van der Waals surface area contributed by atoms with Gasteiger partial charge in [-0.3, -0.25) is 9.03 Å². The lowest BCUT2D eigenvalue weighted by atomic mass is 10.3. The molecular weight excluding hydrogens is 176 g/mol. The molecule has 63 valence electrons. The zero-order chi connectivity index (χ0) is 8.77. The summed E-state index contributed by atoms with van der Waals surface area (Å²) in [5.74, 6) is 0. The molecule has 1 aromatic rings. The number of nitrogens with zero attached hydrogens (tertiary/aromatic N) is 1. The van der Waals surface area contributed by atoms with Crippen LogP contribution < -0.4 is 9.03 Å². The second-order valence-electron chi connectivity index (χ2n) is 2.52. The Labute approximate surface area is 71.0 Å². The summed E-state index contributed by atoms with van der Waals surface area (Å²) in [7, 11) is -1.82. The van der Waals surface area contributed by atoms with E-state index in [1.54, 1.807) is 18.2 Å². The summed E-state index contributed by atoms with van der Waals surface area (Å²) in [6.07, 6.45) is 0. The normalized spacial score (nSPS) is 18.6. The zero-order valence-electron chi connectivity index (χ0n) is 6.40. The van der Waals surface area contributed by atoms with Gasteiger partial charge in [-0.05, 0) is 18.2 Å². The minimum atomic E-state index is -3.32. The zero-order valence-corrected chi connectivity index (χ0v) is 7.22. The Morgan fingerprint density at radius 1 is 1.58 bits per heavy atom. The van der Waals surface area contributed by atoms with Gasteiger partial charge in [-0.15, -0.1) is 0 Å². The van der Waals surface area contributed by atoms with Crippen LogP contribution in [0.3, 0.4) is 0 Å². The molecule has 12 heavy (non-hydrogen) atoms. The number of rotatable bonds is 0. The Bertz CT molecular complexity index is 413. The van der Waals surface area contributed by atoms with Crippen molar-refractivity contribution in [1.29, 1.82) is 0 Å². The van der Waals surface area contributed by atoms with Gasteiger partial charge in [0.15, 0.2) is 0 Å². The molecule has 0 unspecified atom stereocenters. The van der Waals surface area contributed by atoms with E-state index in [1.165, 1.54) is 11.4 Å². The molecule has 0 amide bonds. The first-order chi connectivity index (χ1) is 5.61. The molecule has 0 aromatic heterocycles. The Morgan fingerprint density at radius 2 is 2.33 bits per heavy atom. The molecule has 0 atom stereocenters. The molecule has 0 fully saturated rings. The van der Waals surface area contributed by atoms with Crippen molar-refractivity contribution in [3.63, 3.8) is 0 Å². The molecule has 5 heteroatoms. The fourth-order valence-electron chi connectivity index (χ4n) is 1.11. The fourth-order valence-corrected chi connectivity index (χ4v) is 2.10. The molecule has 1 aromatic carbocycles. The van der Waals surface area contributed by atoms with E-state index in [9.17, 15) is 8.42 Å². The van der Waals surface area contributed by atoms with Crippen LogP contribution in [0, 0.1) is 6.07 Å². The topological polar surface area (TPSA) is 49.4 Å². The van der Waals surface area contributed by atoms with Crippen LogP contribution in [0.15, 0.2) is 18.2 Å². The van der Waals surface area contributed by atoms with Crippen LogP contribution in [0.4, 0.5) is 11.4 Å². The third-order valence-electron chi connectivity index (χ3n) is 1.78. The van der Waals surface area contributed by atoms with Crippen LogP contribution >= 0.6 is 0 Å². The molecule has 2 rings (SSSR count). The van der Waals surface area contributed by atoms with E-state index in [0.29, 0.717) is 11.4 Å². The van der Waals surface area contributed by atoms with Crippen molar-refractivity contribution in [3.05, 3.63) is 24.3 Å². The molecule has 1 radical (unpaired) electrons. The molecule has 0 saturated carbocycles. The van der Waals surface area contributed by atoms with Crippen molar-refractivity contribution < 1.29 is 8.42 Å². The van der Waals surface area contributed by atoms with Crippen molar-refractivity contribution in [2.75, 3.05) is 16.1 Å². The standard InChI is InChI=1S/C7H7N2O2S/c1-9-7-5-3-2-4-6(7)8-12(9,10)11/h2,4-5,8H,1H3. The van der Waals surface area contributed by atoms with Crippen LogP contribution in [0.5, 0.6) is 0 Å². The van der Waals surface area contributed by atoms with Gasteiger partial charge in [-0.1, -0.05) is 6.07 Å². The third kappa shape index (κ3) is 0.863. The second kappa shape index (κ2) is 2.13.